The molecule has 0 amide bonds. The fourth-order valence-electron chi connectivity index (χ4n) is 0.866. The van der Waals surface area contributed by atoms with Gasteiger partial charge < -0.3 is 4.57 Å². The number of rotatable bonds is 5. The summed E-state index contributed by atoms with van der Waals surface area (Å²) >= 11 is 0. The van der Waals surface area contributed by atoms with Crippen molar-refractivity contribution in [2.45, 2.75) is 20.3 Å². The van der Waals surface area contributed by atoms with Gasteiger partial charge in [0, 0.05) is 6.16 Å². The van der Waals surface area contributed by atoms with Crippen LogP contribution < -0.4 is 0 Å². The molecule has 0 aliphatic rings. The van der Waals surface area contributed by atoms with E-state index in [-0.39, 0.29) is 0 Å². The SMILES string of the molecule is C=CCCP(=O)(CC)CC. The normalized spacial score (nSPS) is 11.4. The monoisotopic (exact) mass is 160 g/mol. The first-order chi connectivity index (χ1) is 4.68. The van der Waals surface area contributed by atoms with Crippen molar-refractivity contribution in [2.75, 3.05) is 18.5 Å². The van der Waals surface area contributed by atoms with Gasteiger partial charge in [-0.1, -0.05) is 19.9 Å². The third-order valence-electron chi connectivity index (χ3n) is 1.89. The predicted octanol–water partition coefficient (Wildman–Crippen LogP) is 2.97. The van der Waals surface area contributed by atoms with Crippen molar-refractivity contribution < 1.29 is 4.57 Å². The largest absolute Gasteiger partial charge is 0.324 e. The average molecular weight is 160 g/mol. The van der Waals surface area contributed by atoms with Crippen LogP contribution in [0.25, 0.3) is 0 Å². The van der Waals surface area contributed by atoms with Crippen LogP contribution in [-0.2, 0) is 4.57 Å². The third-order valence-corrected chi connectivity index (χ3v) is 5.27. The van der Waals surface area contributed by atoms with Crippen LogP contribution in [-0.4, -0.2) is 18.5 Å². The third kappa shape index (κ3) is 3.22. The van der Waals surface area contributed by atoms with E-state index in [0.29, 0.717) is 0 Å². The van der Waals surface area contributed by atoms with Gasteiger partial charge in [-0.05, 0) is 18.7 Å². The fourth-order valence-corrected chi connectivity index (χ4v) is 2.60. The van der Waals surface area contributed by atoms with Crippen molar-refractivity contribution in [3.8, 4) is 0 Å². The molecule has 0 atom stereocenters. The minimum Gasteiger partial charge on any atom is -0.324 e. The first-order valence-corrected chi connectivity index (χ1v) is 6.12. The van der Waals surface area contributed by atoms with Gasteiger partial charge in [0.15, 0.2) is 0 Å². The molecular weight excluding hydrogens is 143 g/mol. The lowest BCUT2D eigenvalue weighted by Gasteiger charge is -2.11. The minimum atomic E-state index is -1.77. The van der Waals surface area contributed by atoms with Gasteiger partial charge in [0.25, 0.3) is 0 Å². The quantitative estimate of drug-likeness (QED) is 0.446. The highest BCUT2D eigenvalue weighted by Crippen LogP contribution is 2.44. The molecule has 0 aliphatic heterocycles. The Morgan fingerprint density at radius 2 is 1.90 bits per heavy atom. The van der Waals surface area contributed by atoms with E-state index in [1.807, 2.05) is 19.9 Å². The van der Waals surface area contributed by atoms with E-state index >= 15 is 0 Å². The van der Waals surface area contributed by atoms with Crippen LogP contribution >= 0.6 is 7.14 Å². The topological polar surface area (TPSA) is 17.1 Å². The van der Waals surface area contributed by atoms with Gasteiger partial charge in [-0.15, -0.1) is 6.58 Å². The van der Waals surface area contributed by atoms with Gasteiger partial charge in [-0.3, -0.25) is 0 Å². The van der Waals surface area contributed by atoms with E-state index in [1.165, 1.54) is 0 Å². The van der Waals surface area contributed by atoms with Gasteiger partial charge >= 0.3 is 0 Å². The molecule has 1 nitrogen and oxygen atoms in total. The predicted molar refractivity (Wildman–Crippen MR) is 48.4 cm³/mol. The van der Waals surface area contributed by atoms with Crippen LogP contribution in [0, 0.1) is 0 Å². The van der Waals surface area contributed by atoms with E-state index in [9.17, 15) is 4.57 Å². The molecule has 2 heteroatoms. The van der Waals surface area contributed by atoms with Crippen LogP contribution in [0.4, 0.5) is 0 Å². The molecule has 0 bridgehead atoms. The highest BCUT2D eigenvalue weighted by molar-refractivity contribution is 7.63. The molecule has 0 heterocycles. The van der Waals surface area contributed by atoms with E-state index in [4.69, 9.17) is 0 Å². The second kappa shape index (κ2) is 4.73. The molecule has 0 radical (unpaired) electrons. The van der Waals surface area contributed by atoms with Gasteiger partial charge in [0.1, 0.15) is 0 Å². The maximum Gasteiger partial charge on any atom is 0.0875 e. The molecule has 0 aromatic carbocycles. The Balaban J connectivity index is 3.81. The Labute approximate surface area is 63.9 Å². The van der Waals surface area contributed by atoms with Gasteiger partial charge in [0.05, 0.1) is 7.14 Å². The van der Waals surface area contributed by atoms with Crippen LogP contribution in [0.2, 0.25) is 0 Å². The van der Waals surface area contributed by atoms with E-state index < -0.39 is 7.14 Å². The number of allylic oxidation sites excluding steroid dienone is 1. The molecule has 0 rings (SSSR count). The molecule has 0 unspecified atom stereocenters. The summed E-state index contributed by atoms with van der Waals surface area (Å²) in [7, 11) is -1.77. The molecule has 10 heavy (non-hydrogen) atoms. The van der Waals surface area contributed by atoms with Crippen molar-refractivity contribution in [2.24, 2.45) is 0 Å². The molecule has 0 N–H and O–H groups in total. The minimum absolute atomic E-state index is 0.845. The van der Waals surface area contributed by atoms with Crippen LogP contribution in [0.5, 0.6) is 0 Å². The van der Waals surface area contributed by atoms with E-state index in [0.717, 1.165) is 24.9 Å². The summed E-state index contributed by atoms with van der Waals surface area (Å²) < 4.78 is 11.7. The molecule has 0 aromatic heterocycles. The van der Waals surface area contributed by atoms with Crippen LogP contribution in [0.3, 0.4) is 0 Å². The smallest absolute Gasteiger partial charge is 0.0875 e. The highest BCUT2D eigenvalue weighted by Gasteiger charge is 2.14. The second-order valence-corrected chi connectivity index (χ2v) is 6.32. The Hall–Kier alpha value is -0.0300. The Bertz CT molecular complexity index is 132. The van der Waals surface area contributed by atoms with E-state index in [1.54, 1.807) is 0 Å². The lowest BCUT2D eigenvalue weighted by atomic mass is 10.5. The first kappa shape index (κ1) is 9.97. The summed E-state index contributed by atoms with van der Waals surface area (Å²) in [5.41, 5.74) is 0. The van der Waals surface area contributed by atoms with Crippen molar-refractivity contribution >= 4 is 7.14 Å². The Morgan fingerprint density at radius 3 is 2.20 bits per heavy atom. The van der Waals surface area contributed by atoms with Gasteiger partial charge in [-0.25, -0.2) is 0 Å². The van der Waals surface area contributed by atoms with Crippen molar-refractivity contribution in [3.63, 3.8) is 0 Å². The van der Waals surface area contributed by atoms with Crippen molar-refractivity contribution in [3.05, 3.63) is 12.7 Å². The summed E-state index contributed by atoms with van der Waals surface area (Å²) in [6.07, 6.45) is 5.29. The number of hydrogen-bond donors (Lipinski definition) is 0. The van der Waals surface area contributed by atoms with Crippen LogP contribution in [0.1, 0.15) is 20.3 Å². The maximum atomic E-state index is 11.7. The zero-order valence-electron chi connectivity index (χ0n) is 6.97. The van der Waals surface area contributed by atoms with Crippen LogP contribution in [0.15, 0.2) is 12.7 Å². The summed E-state index contributed by atoms with van der Waals surface area (Å²) in [4.78, 5) is 0. The van der Waals surface area contributed by atoms with Crippen molar-refractivity contribution in [1.29, 1.82) is 0 Å². The summed E-state index contributed by atoms with van der Waals surface area (Å²) in [6, 6.07) is 0. The standard InChI is InChI=1S/C8H17OP/c1-4-7-8-10(9,5-2)6-3/h4H,1,5-8H2,2-3H3. The highest BCUT2D eigenvalue weighted by atomic mass is 31.2. The van der Waals surface area contributed by atoms with Gasteiger partial charge in [-0.2, -0.15) is 0 Å². The molecule has 0 spiro atoms. The number of hydrogen-bond acceptors (Lipinski definition) is 1. The fraction of sp³-hybridized carbons (Fsp3) is 0.750. The summed E-state index contributed by atoms with van der Waals surface area (Å²) in [6.45, 7) is 7.63. The van der Waals surface area contributed by atoms with E-state index in [2.05, 4.69) is 6.58 Å². The average Bonchev–Trinajstić information content (AvgIpc) is 2.00. The molecule has 60 valence electrons. The zero-order valence-corrected chi connectivity index (χ0v) is 7.86. The Kier molecular flexibility index (Phi) is 4.72. The molecular formula is C8H17OP. The van der Waals surface area contributed by atoms with Crippen molar-refractivity contribution in [1.82, 2.24) is 0 Å². The second-order valence-electron chi connectivity index (χ2n) is 2.49. The lowest BCUT2D eigenvalue weighted by Crippen LogP contribution is -1.93. The lowest BCUT2D eigenvalue weighted by molar-refractivity contribution is 0.575. The maximum absolute atomic E-state index is 11.7. The molecule has 0 saturated carbocycles. The first-order valence-electron chi connectivity index (χ1n) is 3.86. The molecule has 0 aliphatic carbocycles. The Morgan fingerprint density at radius 1 is 1.40 bits per heavy atom. The summed E-state index contributed by atoms with van der Waals surface area (Å²) in [5, 5.41) is 0. The molecule has 0 fully saturated rings. The zero-order chi connectivity index (χ0) is 8.04. The molecule has 0 saturated heterocycles. The summed E-state index contributed by atoms with van der Waals surface area (Å²) in [5.74, 6) is 0. The van der Waals surface area contributed by atoms with Gasteiger partial charge in [0.2, 0.25) is 0 Å². The molecule has 0 aromatic rings.